The van der Waals surface area contributed by atoms with Crippen molar-refractivity contribution >= 4 is 23.6 Å². The first-order valence-corrected chi connectivity index (χ1v) is 4.27. The zero-order valence-electron chi connectivity index (χ0n) is 5.79. The highest BCUT2D eigenvalue weighted by molar-refractivity contribution is 8.00. The fourth-order valence-electron chi connectivity index (χ4n) is 0.789. The number of hydrogen-bond acceptors (Lipinski definition) is 4. The molecule has 0 aromatic heterocycles. The SMILES string of the molecule is NNC(=O)C1CSCC(=O)N1. The lowest BCUT2D eigenvalue weighted by molar-refractivity contribution is -0.127. The van der Waals surface area contributed by atoms with Crippen LogP contribution in [-0.4, -0.2) is 29.4 Å². The molecule has 6 heteroatoms. The number of carbonyl (C=O) groups excluding carboxylic acids is 2. The predicted molar refractivity (Wildman–Crippen MR) is 41.6 cm³/mol. The zero-order valence-corrected chi connectivity index (χ0v) is 6.61. The van der Waals surface area contributed by atoms with Crippen molar-refractivity contribution in [2.45, 2.75) is 6.04 Å². The molecule has 0 aromatic rings. The van der Waals surface area contributed by atoms with E-state index < -0.39 is 6.04 Å². The van der Waals surface area contributed by atoms with Crippen molar-refractivity contribution in [2.75, 3.05) is 11.5 Å². The average molecular weight is 175 g/mol. The summed E-state index contributed by atoms with van der Waals surface area (Å²) in [4.78, 5) is 21.6. The van der Waals surface area contributed by atoms with Crippen molar-refractivity contribution in [3.05, 3.63) is 0 Å². The number of amides is 2. The van der Waals surface area contributed by atoms with Crippen molar-refractivity contribution in [2.24, 2.45) is 5.84 Å². The predicted octanol–water partition coefficient (Wildman–Crippen LogP) is -1.79. The van der Waals surface area contributed by atoms with Crippen LogP contribution in [0.5, 0.6) is 0 Å². The van der Waals surface area contributed by atoms with Crippen LogP contribution in [0.3, 0.4) is 0 Å². The van der Waals surface area contributed by atoms with Crippen molar-refractivity contribution < 1.29 is 9.59 Å². The number of thioether (sulfide) groups is 1. The van der Waals surface area contributed by atoms with E-state index in [1.807, 2.05) is 5.43 Å². The maximum atomic E-state index is 10.8. The molecule has 1 aliphatic heterocycles. The Morgan fingerprint density at radius 1 is 1.82 bits per heavy atom. The van der Waals surface area contributed by atoms with Gasteiger partial charge in [-0.3, -0.25) is 15.0 Å². The highest BCUT2D eigenvalue weighted by Gasteiger charge is 2.23. The van der Waals surface area contributed by atoms with Gasteiger partial charge in [0.25, 0.3) is 5.91 Å². The average Bonchev–Trinajstić information content (AvgIpc) is 2.03. The fraction of sp³-hybridized carbons (Fsp3) is 0.600. The fourth-order valence-corrected chi connectivity index (χ4v) is 1.65. The van der Waals surface area contributed by atoms with Crippen LogP contribution in [0.2, 0.25) is 0 Å². The Kier molecular flexibility index (Phi) is 2.72. The Morgan fingerprint density at radius 3 is 3.09 bits per heavy atom. The summed E-state index contributed by atoms with van der Waals surface area (Å²) in [7, 11) is 0. The third kappa shape index (κ3) is 2.09. The van der Waals surface area contributed by atoms with Gasteiger partial charge in [-0.15, -0.1) is 11.8 Å². The molecule has 1 aliphatic rings. The Morgan fingerprint density at radius 2 is 2.55 bits per heavy atom. The van der Waals surface area contributed by atoms with Gasteiger partial charge in [0.05, 0.1) is 5.75 Å². The largest absolute Gasteiger partial charge is 0.343 e. The zero-order chi connectivity index (χ0) is 8.27. The first-order chi connectivity index (χ1) is 5.24. The molecule has 62 valence electrons. The summed E-state index contributed by atoms with van der Waals surface area (Å²) in [6, 6.07) is -0.466. The molecule has 0 spiro atoms. The molecule has 0 radical (unpaired) electrons. The van der Waals surface area contributed by atoms with Crippen LogP contribution in [0.4, 0.5) is 0 Å². The molecular weight excluding hydrogens is 166 g/mol. The molecule has 1 fully saturated rings. The van der Waals surface area contributed by atoms with Gasteiger partial charge in [0.15, 0.2) is 0 Å². The number of carbonyl (C=O) groups is 2. The molecule has 1 rings (SSSR count). The molecule has 1 heterocycles. The number of hydrazine groups is 1. The summed E-state index contributed by atoms with van der Waals surface area (Å²) in [6.45, 7) is 0. The van der Waals surface area contributed by atoms with Crippen LogP contribution < -0.4 is 16.6 Å². The number of rotatable bonds is 1. The van der Waals surface area contributed by atoms with E-state index in [0.717, 1.165) is 0 Å². The Balaban J connectivity index is 2.45. The minimum atomic E-state index is -0.466. The molecule has 0 aliphatic carbocycles. The molecule has 5 nitrogen and oxygen atoms in total. The van der Waals surface area contributed by atoms with E-state index in [9.17, 15) is 9.59 Å². The van der Waals surface area contributed by atoms with Crippen molar-refractivity contribution in [3.8, 4) is 0 Å². The summed E-state index contributed by atoms with van der Waals surface area (Å²) in [5.74, 6) is 5.45. The minimum absolute atomic E-state index is 0.116. The summed E-state index contributed by atoms with van der Waals surface area (Å²) < 4.78 is 0. The van der Waals surface area contributed by atoms with Gasteiger partial charge in [-0.1, -0.05) is 0 Å². The standard InChI is InChI=1S/C5H9N3O2S/c6-8-5(10)3-1-11-2-4(9)7-3/h3H,1-2,6H2,(H,7,9)(H,8,10). The van der Waals surface area contributed by atoms with E-state index in [1.54, 1.807) is 0 Å². The van der Waals surface area contributed by atoms with Gasteiger partial charge in [-0.05, 0) is 0 Å². The van der Waals surface area contributed by atoms with Gasteiger partial charge in [-0.25, -0.2) is 5.84 Å². The monoisotopic (exact) mass is 175 g/mol. The number of nitrogens with two attached hydrogens (primary N) is 1. The molecular formula is C5H9N3O2S. The van der Waals surface area contributed by atoms with Gasteiger partial charge in [-0.2, -0.15) is 0 Å². The second-order valence-electron chi connectivity index (χ2n) is 2.14. The van der Waals surface area contributed by atoms with Gasteiger partial charge in [0, 0.05) is 5.75 Å². The summed E-state index contributed by atoms with van der Waals surface area (Å²) >= 11 is 1.43. The Labute approximate surface area is 68.0 Å². The lowest BCUT2D eigenvalue weighted by atomic mass is 10.3. The molecule has 2 amide bonds. The van der Waals surface area contributed by atoms with E-state index in [4.69, 9.17) is 5.84 Å². The lowest BCUT2D eigenvalue weighted by Gasteiger charge is -2.20. The van der Waals surface area contributed by atoms with Gasteiger partial charge >= 0.3 is 0 Å². The topological polar surface area (TPSA) is 84.2 Å². The van der Waals surface area contributed by atoms with Crippen LogP contribution in [0.15, 0.2) is 0 Å². The van der Waals surface area contributed by atoms with E-state index in [1.165, 1.54) is 11.8 Å². The van der Waals surface area contributed by atoms with Gasteiger partial charge in [0.2, 0.25) is 5.91 Å². The minimum Gasteiger partial charge on any atom is -0.343 e. The molecule has 0 aromatic carbocycles. The van der Waals surface area contributed by atoms with Crippen molar-refractivity contribution in [1.82, 2.24) is 10.7 Å². The molecule has 0 saturated carbocycles. The molecule has 1 unspecified atom stereocenters. The number of hydrogen-bond donors (Lipinski definition) is 3. The second kappa shape index (κ2) is 3.59. The van der Waals surface area contributed by atoms with E-state index >= 15 is 0 Å². The molecule has 1 atom stereocenters. The van der Waals surface area contributed by atoms with Gasteiger partial charge in [0.1, 0.15) is 6.04 Å². The smallest absolute Gasteiger partial charge is 0.257 e. The first-order valence-electron chi connectivity index (χ1n) is 3.11. The third-order valence-corrected chi connectivity index (χ3v) is 2.35. The summed E-state index contributed by atoms with van der Waals surface area (Å²) in [6.07, 6.45) is 0. The quantitative estimate of drug-likeness (QED) is 0.249. The van der Waals surface area contributed by atoms with Crippen LogP contribution in [0.1, 0.15) is 0 Å². The Hall–Kier alpha value is -0.750. The normalized spacial score (nSPS) is 24.1. The lowest BCUT2D eigenvalue weighted by Crippen LogP contribution is -2.53. The second-order valence-corrected chi connectivity index (χ2v) is 3.17. The molecule has 1 saturated heterocycles. The Bertz CT molecular complexity index is 185. The summed E-state index contributed by atoms with van der Waals surface area (Å²) in [5.41, 5.74) is 1.99. The summed E-state index contributed by atoms with van der Waals surface area (Å²) in [5, 5.41) is 2.52. The van der Waals surface area contributed by atoms with E-state index in [0.29, 0.717) is 11.5 Å². The van der Waals surface area contributed by atoms with Crippen LogP contribution >= 0.6 is 11.8 Å². The highest BCUT2D eigenvalue weighted by Crippen LogP contribution is 2.07. The third-order valence-electron chi connectivity index (χ3n) is 1.31. The van der Waals surface area contributed by atoms with Crippen LogP contribution in [0.25, 0.3) is 0 Å². The first kappa shape index (κ1) is 8.35. The van der Waals surface area contributed by atoms with Crippen LogP contribution in [-0.2, 0) is 9.59 Å². The molecule has 4 N–H and O–H groups in total. The maximum absolute atomic E-state index is 10.8. The molecule has 0 bridgehead atoms. The highest BCUT2D eigenvalue weighted by atomic mass is 32.2. The van der Waals surface area contributed by atoms with Crippen molar-refractivity contribution in [3.63, 3.8) is 0 Å². The number of nitrogens with one attached hydrogen (secondary N) is 2. The van der Waals surface area contributed by atoms with E-state index in [2.05, 4.69) is 5.32 Å². The van der Waals surface area contributed by atoms with Gasteiger partial charge < -0.3 is 5.32 Å². The van der Waals surface area contributed by atoms with Crippen molar-refractivity contribution in [1.29, 1.82) is 0 Å². The molecule has 11 heavy (non-hydrogen) atoms. The van der Waals surface area contributed by atoms with Crippen LogP contribution in [0, 0.1) is 0 Å². The van der Waals surface area contributed by atoms with E-state index in [-0.39, 0.29) is 11.8 Å². The maximum Gasteiger partial charge on any atom is 0.257 e.